The molecule has 19 nitrogen and oxygen atoms in total. The van der Waals surface area contributed by atoms with Gasteiger partial charge >= 0.3 is 5.97 Å². The summed E-state index contributed by atoms with van der Waals surface area (Å²) in [6, 6.07) is -8.68. The first-order valence-electron chi connectivity index (χ1n) is 18.7. The number of carbonyl (C=O) groups is 8. The maximum atomic E-state index is 13.8. The minimum atomic E-state index is -1.75. The maximum Gasteiger partial charge on any atom is 0.328 e. The van der Waals surface area contributed by atoms with Crippen molar-refractivity contribution in [2.24, 2.45) is 23.3 Å². The van der Waals surface area contributed by atoms with Crippen LogP contribution in [0.2, 0.25) is 0 Å². The van der Waals surface area contributed by atoms with Crippen molar-refractivity contribution in [3.8, 4) is 0 Å². The van der Waals surface area contributed by atoms with Gasteiger partial charge in [-0.2, -0.15) is 0 Å². The van der Waals surface area contributed by atoms with Crippen LogP contribution in [0.4, 0.5) is 0 Å². The normalized spacial score (nSPS) is 21.5. The SMILES string of the molecule is CC[C@H](C)[C@H](N)C(=O)N1CCC[C@H]1C(=O)N1CCC[C@H]1C(=O)N[C@@H](CC(C)C)C(=O)N[C@H](C(=O)N[C@@H](CCC(N)=O)C(=O)N[C@H](C(=O)O)[C@@H](C)O)[C@@H](C)O. The van der Waals surface area contributed by atoms with Crippen molar-refractivity contribution < 1.29 is 53.7 Å². The number of nitrogens with two attached hydrogens (primary N) is 2. The first-order chi connectivity index (χ1) is 25.2. The van der Waals surface area contributed by atoms with Crippen molar-refractivity contribution in [2.75, 3.05) is 13.1 Å². The van der Waals surface area contributed by atoms with E-state index >= 15 is 0 Å². The molecule has 2 heterocycles. The summed E-state index contributed by atoms with van der Waals surface area (Å²) in [6.07, 6.45) is -1.19. The Kier molecular flexibility index (Phi) is 17.7. The van der Waals surface area contributed by atoms with Crippen LogP contribution in [0, 0.1) is 11.8 Å². The largest absolute Gasteiger partial charge is 0.480 e. The summed E-state index contributed by atoms with van der Waals surface area (Å²) in [6.45, 7) is 10.4. The van der Waals surface area contributed by atoms with Crippen molar-refractivity contribution in [1.29, 1.82) is 0 Å². The second kappa shape index (κ2) is 20.9. The Bertz CT molecular complexity index is 1380. The number of nitrogens with zero attached hydrogens (tertiary/aromatic N) is 2. The number of amides is 7. The summed E-state index contributed by atoms with van der Waals surface area (Å²) in [5, 5.41) is 39.2. The van der Waals surface area contributed by atoms with Gasteiger partial charge in [0.15, 0.2) is 6.04 Å². The number of nitrogens with one attached hydrogen (secondary N) is 4. The minimum Gasteiger partial charge on any atom is -0.480 e. The summed E-state index contributed by atoms with van der Waals surface area (Å²) in [5.41, 5.74) is 11.4. The van der Waals surface area contributed by atoms with E-state index in [1.165, 1.54) is 16.7 Å². The molecule has 0 unspecified atom stereocenters. The van der Waals surface area contributed by atoms with Crippen LogP contribution in [0.25, 0.3) is 0 Å². The molecule has 2 saturated heterocycles. The van der Waals surface area contributed by atoms with Gasteiger partial charge in [-0.25, -0.2) is 4.79 Å². The van der Waals surface area contributed by atoms with Crippen LogP contribution in [-0.2, 0) is 38.4 Å². The zero-order valence-corrected chi connectivity index (χ0v) is 32.1. The summed E-state index contributed by atoms with van der Waals surface area (Å²) in [7, 11) is 0. The van der Waals surface area contributed by atoms with Crippen LogP contribution in [0.15, 0.2) is 0 Å². The zero-order valence-electron chi connectivity index (χ0n) is 32.1. The number of carboxylic acid groups (broad SMARTS) is 1. The van der Waals surface area contributed by atoms with Gasteiger partial charge in [0, 0.05) is 19.5 Å². The van der Waals surface area contributed by atoms with Crippen molar-refractivity contribution >= 4 is 47.3 Å². The van der Waals surface area contributed by atoms with Gasteiger partial charge in [-0.1, -0.05) is 34.1 Å². The van der Waals surface area contributed by atoms with E-state index in [0.717, 1.165) is 6.92 Å². The molecule has 0 aromatic heterocycles. The van der Waals surface area contributed by atoms with Crippen molar-refractivity contribution in [3.05, 3.63) is 0 Å². The summed E-state index contributed by atoms with van der Waals surface area (Å²) in [5.74, 6) is -6.91. The zero-order chi connectivity index (χ0) is 41.0. The standard InChI is InChI=1S/C35H60N8O11/c1-7-18(4)26(37)34(52)43-15-9-11-24(43)33(51)42-14-8-10-23(42)31(49)39-22(16-17(2)3)30(48)40-27(19(5)44)32(50)38-21(12-13-25(36)46)29(47)41-28(20(6)45)35(53)54/h17-24,26-28,44-45H,7-16,37H2,1-6H3,(H2,36,46)(H,38,50)(H,39,49)(H,40,48)(H,41,47)(H,53,54)/t18-,19+,20+,21-,22-,23-,24-,26-,27-,28-/m0/s1. The number of aliphatic hydroxyl groups excluding tert-OH is 2. The fraction of sp³-hybridized carbons (Fsp3) is 0.771. The summed E-state index contributed by atoms with van der Waals surface area (Å²) < 4.78 is 0. The van der Waals surface area contributed by atoms with Gasteiger partial charge < -0.3 is 57.9 Å². The summed E-state index contributed by atoms with van der Waals surface area (Å²) >= 11 is 0. The molecule has 306 valence electrons. The molecule has 54 heavy (non-hydrogen) atoms. The lowest BCUT2D eigenvalue weighted by Gasteiger charge is -2.33. The Morgan fingerprint density at radius 1 is 0.741 bits per heavy atom. The number of carboxylic acids is 1. The first kappa shape index (κ1) is 45.8. The third kappa shape index (κ3) is 12.6. The maximum absolute atomic E-state index is 13.8. The molecule has 0 bridgehead atoms. The van der Waals surface area contributed by atoms with E-state index in [0.29, 0.717) is 38.6 Å². The molecule has 0 radical (unpaired) electrons. The predicted molar refractivity (Wildman–Crippen MR) is 194 cm³/mol. The van der Waals surface area contributed by atoms with Crippen molar-refractivity contribution in [1.82, 2.24) is 31.1 Å². The average molecular weight is 769 g/mol. The second-order valence-corrected chi connectivity index (χ2v) is 14.8. The molecule has 19 heteroatoms. The topological polar surface area (TPSA) is 304 Å². The Morgan fingerprint density at radius 3 is 1.80 bits per heavy atom. The average Bonchev–Trinajstić information content (AvgIpc) is 3.79. The highest BCUT2D eigenvalue weighted by Crippen LogP contribution is 2.26. The fourth-order valence-corrected chi connectivity index (χ4v) is 6.56. The van der Waals surface area contributed by atoms with Gasteiger partial charge in [-0.05, 0) is 64.2 Å². The number of carbonyl (C=O) groups excluding carboxylic acids is 7. The number of aliphatic carboxylic acids is 1. The Morgan fingerprint density at radius 2 is 1.28 bits per heavy atom. The van der Waals surface area contributed by atoms with Gasteiger partial charge in [-0.15, -0.1) is 0 Å². The smallest absolute Gasteiger partial charge is 0.328 e. The van der Waals surface area contributed by atoms with Gasteiger partial charge in [-0.3, -0.25) is 33.6 Å². The highest BCUT2D eigenvalue weighted by atomic mass is 16.4. The molecular formula is C35H60N8O11. The molecule has 0 spiro atoms. The monoisotopic (exact) mass is 768 g/mol. The molecule has 11 N–H and O–H groups in total. The lowest BCUT2D eigenvalue weighted by molar-refractivity contribution is -0.147. The minimum absolute atomic E-state index is 0.0854. The van der Waals surface area contributed by atoms with E-state index < -0.39 is 96.4 Å². The van der Waals surface area contributed by atoms with Crippen molar-refractivity contribution in [2.45, 2.75) is 147 Å². The number of hydrogen-bond donors (Lipinski definition) is 9. The van der Waals surface area contributed by atoms with E-state index in [1.54, 1.807) is 13.8 Å². The summed E-state index contributed by atoms with van der Waals surface area (Å²) in [4.78, 5) is 107. The third-order valence-electron chi connectivity index (χ3n) is 9.96. The van der Waals surface area contributed by atoms with E-state index in [4.69, 9.17) is 11.5 Å². The molecular weight excluding hydrogens is 708 g/mol. The molecule has 2 fully saturated rings. The lowest BCUT2D eigenvalue weighted by Crippen LogP contribution is -2.61. The van der Waals surface area contributed by atoms with Crippen LogP contribution in [0.5, 0.6) is 0 Å². The molecule has 0 aromatic rings. The molecule has 0 aliphatic carbocycles. The third-order valence-corrected chi connectivity index (χ3v) is 9.96. The number of aliphatic hydroxyl groups is 2. The van der Waals surface area contributed by atoms with E-state index in [-0.39, 0.29) is 43.0 Å². The van der Waals surface area contributed by atoms with Gasteiger partial charge in [0.2, 0.25) is 41.4 Å². The van der Waals surface area contributed by atoms with Crippen LogP contribution in [-0.4, -0.2) is 140 Å². The van der Waals surface area contributed by atoms with E-state index in [9.17, 15) is 53.7 Å². The molecule has 7 amide bonds. The van der Waals surface area contributed by atoms with Crippen LogP contribution in [0.1, 0.15) is 92.9 Å². The number of rotatable bonds is 20. The molecule has 2 aliphatic rings. The Hall–Kier alpha value is -4.36. The quantitative estimate of drug-likeness (QED) is 0.0618. The molecule has 2 aliphatic heterocycles. The van der Waals surface area contributed by atoms with Gasteiger partial charge in [0.25, 0.3) is 0 Å². The second-order valence-electron chi connectivity index (χ2n) is 14.8. The van der Waals surface area contributed by atoms with E-state index in [1.807, 2.05) is 13.8 Å². The Labute approximate surface area is 315 Å². The Balaban J connectivity index is 2.23. The number of primary amides is 1. The van der Waals surface area contributed by atoms with E-state index in [2.05, 4.69) is 21.3 Å². The molecule has 0 saturated carbocycles. The highest BCUT2D eigenvalue weighted by molar-refractivity contribution is 5.97. The lowest BCUT2D eigenvalue weighted by atomic mass is 9.98. The molecule has 0 aromatic carbocycles. The predicted octanol–water partition coefficient (Wildman–Crippen LogP) is -2.56. The molecule has 10 atom stereocenters. The highest BCUT2D eigenvalue weighted by Gasteiger charge is 2.44. The number of likely N-dealkylation sites (tertiary alicyclic amines) is 2. The number of hydrogen-bond acceptors (Lipinski definition) is 11. The van der Waals surface area contributed by atoms with Crippen LogP contribution in [0.3, 0.4) is 0 Å². The van der Waals surface area contributed by atoms with Gasteiger partial charge in [0.05, 0.1) is 18.2 Å². The van der Waals surface area contributed by atoms with Crippen LogP contribution >= 0.6 is 0 Å². The fourth-order valence-electron chi connectivity index (χ4n) is 6.56. The van der Waals surface area contributed by atoms with Crippen molar-refractivity contribution in [3.63, 3.8) is 0 Å². The van der Waals surface area contributed by atoms with Crippen LogP contribution < -0.4 is 32.7 Å². The first-order valence-corrected chi connectivity index (χ1v) is 18.7. The van der Waals surface area contributed by atoms with Gasteiger partial charge in [0.1, 0.15) is 30.2 Å². The molecule has 2 rings (SSSR count).